The number of rotatable bonds is 6. The van der Waals surface area contributed by atoms with Crippen LogP contribution in [0.1, 0.15) is 32.8 Å². The first-order valence-corrected chi connectivity index (χ1v) is 6.48. The van der Waals surface area contributed by atoms with Crippen LogP contribution in [0.5, 0.6) is 0 Å². The molecule has 18 heavy (non-hydrogen) atoms. The van der Waals surface area contributed by atoms with Crippen LogP contribution in [0, 0.1) is 0 Å². The summed E-state index contributed by atoms with van der Waals surface area (Å²) in [5.41, 5.74) is 1.10. The zero-order chi connectivity index (χ0) is 13.4. The third kappa shape index (κ3) is 7.25. The molecule has 1 aromatic rings. The average molecular weight is 248 g/mol. The lowest BCUT2D eigenvalue weighted by Gasteiger charge is -2.21. The van der Waals surface area contributed by atoms with Crippen LogP contribution in [0.4, 0.5) is 0 Å². The van der Waals surface area contributed by atoms with E-state index < -0.39 is 6.10 Å². The van der Waals surface area contributed by atoms with Crippen molar-refractivity contribution in [3.63, 3.8) is 0 Å². The fourth-order valence-electron chi connectivity index (χ4n) is 1.50. The van der Waals surface area contributed by atoms with Gasteiger partial charge in [0.25, 0.3) is 0 Å². The molecular formula is C16H24O2. The Hall–Kier alpha value is -1.12. The van der Waals surface area contributed by atoms with E-state index in [1.165, 1.54) is 5.56 Å². The minimum atomic E-state index is -0.420. The number of allylic oxidation sites excluding steroid dienone is 1. The van der Waals surface area contributed by atoms with Gasteiger partial charge in [0.1, 0.15) is 0 Å². The molecule has 0 saturated carbocycles. The zero-order valence-electron chi connectivity index (χ0n) is 11.6. The molecule has 2 nitrogen and oxygen atoms in total. The summed E-state index contributed by atoms with van der Waals surface area (Å²) >= 11 is 0. The van der Waals surface area contributed by atoms with Crippen molar-refractivity contribution >= 4 is 0 Å². The molecular weight excluding hydrogens is 224 g/mol. The van der Waals surface area contributed by atoms with Gasteiger partial charge in [0.05, 0.1) is 18.3 Å². The van der Waals surface area contributed by atoms with Gasteiger partial charge in [-0.3, -0.25) is 0 Å². The van der Waals surface area contributed by atoms with E-state index >= 15 is 0 Å². The zero-order valence-corrected chi connectivity index (χ0v) is 11.6. The van der Waals surface area contributed by atoms with Crippen molar-refractivity contribution in [3.8, 4) is 0 Å². The van der Waals surface area contributed by atoms with Gasteiger partial charge in [0.2, 0.25) is 0 Å². The molecule has 0 amide bonds. The van der Waals surface area contributed by atoms with Crippen LogP contribution < -0.4 is 0 Å². The number of ether oxygens (including phenoxy) is 1. The molecule has 0 fully saturated rings. The maximum atomic E-state index is 9.73. The lowest BCUT2D eigenvalue weighted by atomic mass is 10.1. The van der Waals surface area contributed by atoms with Crippen LogP contribution in [-0.2, 0) is 11.2 Å². The van der Waals surface area contributed by atoms with E-state index in [-0.39, 0.29) is 5.60 Å². The second-order valence-corrected chi connectivity index (χ2v) is 5.47. The third-order valence-electron chi connectivity index (χ3n) is 2.48. The molecule has 0 aliphatic carbocycles. The molecule has 1 aromatic carbocycles. The molecule has 0 aliphatic rings. The van der Waals surface area contributed by atoms with Crippen LogP contribution in [0.25, 0.3) is 0 Å². The first-order chi connectivity index (χ1) is 8.47. The van der Waals surface area contributed by atoms with E-state index in [2.05, 4.69) is 18.2 Å². The Morgan fingerprint density at radius 1 is 1.17 bits per heavy atom. The molecule has 0 bridgehead atoms. The van der Waals surface area contributed by atoms with Gasteiger partial charge in [0.15, 0.2) is 0 Å². The summed E-state index contributed by atoms with van der Waals surface area (Å²) in [6, 6.07) is 10.3. The van der Waals surface area contributed by atoms with E-state index in [4.69, 9.17) is 4.74 Å². The van der Waals surface area contributed by atoms with E-state index in [1.54, 1.807) is 0 Å². The highest BCUT2D eigenvalue weighted by Crippen LogP contribution is 2.08. The Bertz CT molecular complexity index is 349. The maximum absolute atomic E-state index is 9.73. The molecule has 0 heterocycles. The summed E-state index contributed by atoms with van der Waals surface area (Å²) in [4.78, 5) is 0. The highest BCUT2D eigenvalue weighted by molar-refractivity contribution is 5.17. The molecule has 1 atom stereocenters. The summed E-state index contributed by atoms with van der Waals surface area (Å²) in [5.74, 6) is 0. The number of aliphatic hydroxyl groups is 1. The van der Waals surface area contributed by atoms with Gasteiger partial charge in [-0.25, -0.2) is 0 Å². The standard InChI is InChI=1S/C16H24O2/c1-16(2,3)18-13-15(17)12-8-7-11-14-9-5-4-6-10-14/h4-10,15,17H,11-13H2,1-3H3. The van der Waals surface area contributed by atoms with Gasteiger partial charge in [0, 0.05) is 0 Å². The third-order valence-corrected chi connectivity index (χ3v) is 2.48. The molecule has 0 spiro atoms. The first kappa shape index (κ1) is 14.9. The van der Waals surface area contributed by atoms with E-state index in [0.29, 0.717) is 13.0 Å². The van der Waals surface area contributed by atoms with Crippen molar-refractivity contribution in [1.82, 2.24) is 0 Å². The van der Waals surface area contributed by atoms with Crippen LogP contribution >= 0.6 is 0 Å². The van der Waals surface area contributed by atoms with Gasteiger partial charge >= 0.3 is 0 Å². The van der Waals surface area contributed by atoms with Crippen LogP contribution in [0.3, 0.4) is 0 Å². The average Bonchev–Trinajstić information content (AvgIpc) is 2.33. The predicted molar refractivity (Wildman–Crippen MR) is 75.6 cm³/mol. The summed E-state index contributed by atoms with van der Waals surface area (Å²) in [6.07, 6.45) is 5.24. The molecule has 0 saturated heterocycles. The highest BCUT2D eigenvalue weighted by atomic mass is 16.5. The first-order valence-electron chi connectivity index (χ1n) is 6.48. The van der Waals surface area contributed by atoms with Gasteiger partial charge in [-0.2, -0.15) is 0 Å². The summed E-state index contributed by atoms with van der Waals surface area (Å²) in [6.45, 7) is 6.36. The van der Waals surface area contributed by atoms with Crippen LogP contribution in [0.15, 0.2) is 42.5 Å². The summed E-state index contributed by atoms with van der Waals surface area (Å²) in [5, 5.41) is 9.73. The quantitative estimate of drug-likeness (QED) is 0.782. The lowest BCUT2D eigenvalue weighted by Crippen LogP contribution is -2.25. The van der Waals surface area contributed by atoms with E-state index in [0.717, 1.165) is 6.42 Å². The second kappa shape index (κ2) is 7.34. The fourth-order valence-corrected chi connectivity index (χ4v) is 1.50. The molecule has 1 N–H and O–H groups in total. The topological polar surface area (TPSA) is 29.5 Å². The van der Waals surface area contributed by atoms with Crippen molar-refractivity contribution in [3.05, 3.63) is 48.0 Å². The monoisotopic (exact) mass is 248 g/mol. The van der Waals surface area contributed by atoms with E-state index in [1.807, 2.05) is 45.0 Å². The Morgan fingerprint density at radius 3 is 2.44 bits per heavy atom. The molecule has 0 aliphatic heterocycles. The lowest BCUT2D eigenvalue weighted by molar-refractivity contribution is -0.0476. The Labute approximate surface area is 110 Å². The largest absolute Gasteiger partial charge is 0.390 e. The van der Waals surface area contributed by atoms with Gasteiger partial charge < -0.3 is 9.84 Å². The highest BCUT2D eigenvalue weighted by Gasteiger charge is 2.12. The number of hydrogen-bond donors (Lipinski definition) is 1. The molecule has 1 rings (SSSR count). The molecule has 100 valence electrons. The normalized spacial score (nSPS) is 14.0. The second-order valence-electron chi connectivity index (χ2n) is 5.47. The fraction of sp³-hybridized carbons (Fsp3) is 0.500. The smallest absolute Gasteiger partial charge is 0.0808 e. The van der Waals surface area contributed by atoms with E-state index in [9.17, 15) is 5.11 Å². The SMILES string of the molecule is CC(C)(C)OCC(O)CC=CCc1ccccc1. The number of hydrogen-bond acceptors (Lipinski definition) is 2. The van der Waals surface area contributed by atoms with Gasteiger partial charge in [-0.1, -0.05) is 42.5 Å². The molecule has 1 unspecified atom stereocenters. The summed E-state index contributed by atoms with van der Waals surface area (Å²) in [7, 11) is 0. The number of benzene rings is 1. The molecule has 0 radical (unpaired) electrons. The van der Waals surface area contributed by atoms with Crippen LogP contribution in [0.2, 0.25) is 0 Å². The Morgan fingerprint density at radius 2 is 1.83 bits per heavy atom. The minimum Gasteiger partial charge on any atom is -0.390 e. The van der Waals surface area contributed by atoms with Gasteiger partial charge in [-0.15, -0.1) is 0 Å². The van der Waals surface area contributed by atoms with Crippen molar-refractivity contribution < 1.29 is 9.84 Å². The van der Waals surface area contributed by atoms with Gasteiger partial charge in [-0.05, 0) is 39.2 Å². The predicted octanol–water partition coefficient (Wildman–Crippen LogP) is 3.35. The van der Waals surface area contributed by atoms with Crippen molar-refractivity contribution in [1.29, 1.82) is 0 Å². The maximum Gasteiger partial charge on any atom is 0.0808 e. The number of aliphatic hydroxyl groups excluding tert-OH is 1. The van der Waals surface area contributed by atoms with Crippen LogP contribution in [-0.4, -0.2) is 23.4 Å². The summed E-state index contributed by atoms with van der Waals surface area (Å²) < 4.78 is 5.52. The Balaban J connectivity index is 2.20. The van der Waals surface area contributed by atoms with Crippen molar-refractivity contribution in [2.75, 3.05) is 6.61 Å². The molecule has 0 aromatic heterocycles. The Kier molecular flexibility index (Phi) is 6.10. The molecule has 2 heteroatoms. The van der Waals surface area contributed by atoms with Crippen molar-refractivity contribution in [2.45, 2.75) is 45.3 Å². The van der Waals surface area contributed by atoms with Crippen molar-refractivity contribution in [2.24, 2.45) is 0 Å². The minimum absolute atomic E-state index is 0.186.